The third-order valence-electron chi connectivity index (χ3n) is 5.95. The van der Waals surface area contributed by atoms with Gasteiger partial charge in [-0.15, -0.1) is 0 Å². The molecule has 3 saturated heterocycles. The van der Waals surface area contributed by atoms with Crippen molar-refractivity contribution in [3.8, 4) is 5.75 Å². The fourth-order valence-corrected chi connectivity index (χ4v) is 4.84. The summed E-state index contributed by atoms with van der Waals surface area (Å²) < 4.78 is 18.9. The van der Waals surface area contributed by atoms with Gasteiger partial charge in [-0.2, -0.15) is 0 Å². The summed E-state index contributed by atoms with van der Waals surface area (Å²) in [7, 11) is 1.61. The fraction of sp³-hybridized carbons (Fsp3) is 0.333. The number of ether oxygens (including phenoxy) is 1. The molecule has 3 atom stereocenters. The maximum absolute atomic E-state index is 13.4. The van der Waals surface area contributed by atoms with Gasteiger partial charge in [0, 0.05) is 18.7 Å². The van der Waals surface area contributed by atoms with Crippen LogP contribution in [0, 0.1) is 11.7 Å². The second-order valence-corrected chi connectivity index (χ2v) is 7.33. The zero-order chi connectivity index (χ0) is 19.4. The van der Waals surface area contributed by atoms with E-state index in [0.717, 1.165) is 25.1 Å². The molecule has 7 heteroatoms. The van der Waals surface area contributed by atoms with E-state index in [1.807, 2.05) is 29.3 Å². The Bertz CT molecular complexity index is 948. The molecule has 2 aromatic carbocycles. The van der Waals surface area contributed by atoms with E-state index in [-0.39, 0.29) is 17.9 Å². The molecule has 144 valence electrons. The maximum Gasteiger partial charge on any atom is 0.253 e. The lowest BCUT2D eigenvalue weighted by Crippen LogP contribution is -2.44. The lowest BCUT2D eigenvalue weighted by molar-refractivity contribution is -0.126. The van der Waals surface area contributed by atoms with Crippen LogP contribution in [-0.2, 0) is 9.59 Å². The van der Waals surface area contributed by atoms with Crippen molar-refractivity contribution in [1.29, 1.82) is 0 Å². The van der Waals surface area contributed by atoms with Gasteiger partial charge in [-0.1, -0.05) is 18.2 Å². The molecule has 3 heterocycles. The van der Waals surface area contributed by atoms with Crippen LogP contribution in [0.5, 0.6) is 5.75 Å². The lowest BCUT2D eigenvalue weighted by Gasteiger charge is -2.30. The van der Waals surface area contributed by atoms with Gasteiger partial charge in [0.05, 0.1) is 24.8 Å². The average molecular weight is 381 g/mol. The predicted octanol–water partition coefficient (Wildman–Crippen LogP) is 2.37. The number of imide groups is 1. The number of anilines is 1. The van der Waals surface area contributed by atoms with E-state index in [0.29, 0.717) is 11.4 Å². The summed E-state index contributed by atoms with van der Waals surface area (Å²) in [6, 6.07) is 12.3. The number of halogens is 1. The molecule has 2 amide bonds. The molecule has 3 aliphatic rings. The second-order valence-electron chi connectivity index (χ2n) is 7.33. The first kappa shape index (κ1) is 17.3. The number of hydrogen-bond donors (Lipinski definition) is 0. The van der Waals surface area contributed by atoms with Gasteiger partial charge in [-0.25, -0.2) is 19.3 Å². The Hall–Kier alpha value is -2.77. The highest BCUT2D eigenvalue weighted by atomic mass is 19.1. The number of amides is 2. The number of benzene rings is 2. The maximum atomic E-state index is 13.4. The summed E-state index contributed by atoms with van der Waals surface area (Å²) in [6.45, 7) is 1.54. The average Bonchev–Trinajstić information content (AvgIpc) is 3.35. The number of para-hydroxylation sites is 1. The summed E-state index contributed by atoms with van der Waals surface area (Å²) in [4.78, 5) is 27.9. The Labute approximate surface area is 162 Å². The van der Waals surface area contributed by atoms with E-state index < -0.39 is 17.8 Å². The van der Waals surface area contributed by atoms with Gasteiger partial charge in [0.15, 0.2) is 0 Å². The molecule has 0 aliphatic carbocycles. The van der Waals surface area contributed by atoms with Crippen molar-refractivity contribution < 1.29 is 18.7 Å². The fourth-order valence-electron chi connectivity index (χ4n) is 4.84. The van der Waals surface area contributed by atoms with Crippen LogP contribution in [-0.4, -0.2) is 48.1 Å². The van der Waals surface area contributed by atoms with E-state index in [2.05, 4.69) is 5.01 Å². The summed E-state index contributed by atoms with van der Waals surface area (Å²) >= 11 is 0. The summed E-state index contributed by atoms with van der Waals surface area (Å²) in [5.74, 6) is -0.701. The van der Waals surface area contributed by atoms with Crippen LogP contribution in [0.3, 0.4) is 0 Å². The number of hydrazine groups is 1. The topological polar surface area (TPSA) is 53.1 Å². The van der Waals surface area contributed by atoms with Crippen molar-refractivity contribution in [1.82, 2.24) is 10.0 Å². The third-order valence-corrected chi connectivity index (χ3v) is 5.95. The molecule has 0 unspecified atom stereocenters. The second kappa shape index (κ2) is 6.39. The summed E-state index contributed by atoms with van der Waals surface area (Å²) in [5.41, 5.74) is 1.32. The first-order valence-electron chi connectivity index (χ1n) is 9.41. The molecule has 0 N–H and O–H groups in total. The first-order valence-corrected chi connectivity index (χ1v) is 9.41. The van der Waals surface area contributed by atoms with Crippen molar-refractivity contribution in [3.05, 3.63) is 59.9 Å². The number of carbonyl (C=O) groups excluding carboxylic acids is 2. The molecule has 5 rings (SSSR count). The third kappa shape index (κ3) is 2.33. The monoisotopic (exact) mass is 381 g/mol. The van der Waals surface area contributed by atoms with Crippen LogP contribution >= 0.6 is 0 Å². The molecular weight excluding hydrogens is 361 g/mol. The first-order chi connectivity index (χ1) is 13.6. The SMILES string of the molecule is COc1ccccc1[C@H]1[C@H]2C(=O)N(c3ccc(F)cc3)C(=O)[C@H]2N2CCCN12. The van der Waals surface area contributed by atoms with Crippen molar-refractivity contribution in [2.45, 2.75) is 18.5 Å². The highest BCUT2D eigenvalue weighted by Gasteiger charge is 2.63. The standard InChI is InChI=1S/C21H20FN3O3/c1-28-16-6-3-2-5-15(16)18-17-19(24-12-4-11-23(18)24)21(27)25(20(17)26)14-9-7-13(22)8-10-14/h2-3,5-10,17-19H,4,11-12H2,1H3/t17-,18+,19+/m1/s1. The van der Waals surface area contributed by atoms with E-state index >= 15 is 0 Å². The number of nitrogens with zero attached hydrogens (tertiary/aromatic N) is 3. The van der Waals surface area contributed by atoms with Gasteiger partial charge in [0.1, 0.15) is 17.6 Å². The van der Waals surface area contributed by atoms with E-state index in [1.165, 1.54) is 29.2 Å². The minimum absolute atomic E-state index is 0.244. The molecule has 0 bridgehead atoms. The molecule has 0 radical (unpaired) electrons. The molecule has 0 saturated carbocycles. The minimum atomic E-state index is -0.532. The highest BCUT2D eigenvalue weighted by molar-refractivity contribution is 6.24. The van der Waals surface area contributed by atoms with Crippen LogP contribution < -0.4 is 9.64 Å². The van der Waals surface area contributed by atoms with E-state index in [4.69, 9.17) is 4.74 Å². The van der Waals surface area contributed by atoms with Crippen LogP contribution in [0.2, 0.25) is 0 Å². The van der Waals surface area contributed by atoms with Gasteiger partial charge in [0.2, 0.25) is 5.91 Å². The van der Waals surface area contributed by atoms with Crippen LogP contribution in [0.4, 0.5) is 10.1 Å². The number of hydrogen-bond acceptors (Lipinski definition) is 5. The van der Waals surface area contributed by atoms with Crippen molar-refractivity contribution >= 4 is 17.5 Å². The Morgan fingerprint density at radius 3 is 2.32 bits per heavy atom. The Balaban J connectivity index is 1.60. The van der Waals surface area contributed by atoms with Gasteiger partial charge in [-0.3, -0.25) is 9.59 Å². The summed E-state index contributed by atoms with van der Waals surface area (Å²) in [5, 5.41) is 4.18. The molecule has 3 aliphatic heterocycles. The zero-order valence-corrected chi connectivity index (χ0v) is 15.4. The van der Waals surface area contributed by atoms with E-state index in [1.54, 1.807) is 7.11 Å². The molecular formula is C21H20FN3O3. The number of rotatable bonds is 3. The molecule has 2 aromatic rings. The predicted molar refractivity (Wildman–Crippen MR) is 99.9 cm³/mol. The number of fused-ring (bicyclic) bond motifs is 3. The Morgan fingerprint density at radius 1 is 0.929 bits per heavy atom. The zero-order valence-electron chi connectivity index (χ0n) is 15.4. The van der Waals surface area contributed by atoms with Gasteiger partial charge < -0.3 is 4.74 Å². The minimum Gasteiger partial charge on any atom is -0.496 e. The van der Waals surface area contributed by atoms with Gasteiger partial charge >= 0.3 is 0 Å². The highest BCUT2D eigenvalue weighted by Crippen LogP contribution is 2.50. The largest absolute Gasteiger partial charge is 0.496 e. The normalized spacial score (nSPS) is 27.4. The van der Waals surface area contributed by atoms with Crippen molar-refractivity contribution in [2.75, 3.05) is 25.1 Å². The molecule has 3 fully saturated rings. The van der Waals surface area contributed by atoms with Crippen LogP contribution in [0.25, 0.3) is 0 Å². The molecule has 0 spiro atoms. The Kier molecular flexibility index (Phi) is 3.96. The molecule has 6 nitrogen and oxygen atoms in total. The summed E-state index contributed by atoms with van der Waals surface area (Å²) in [6.07, 6.45) is 0.937. The lowest BCUT2D eigenvalue weighted by atomic mass is 9.89. The van der Waals surface area contributed by atoms with Crippen LogP contribution in [0.1, 0.15) is 18.0 Å². The molecule has 0 aromatic heterocycles. The smallest absolute Gasteiger partial charge is 0.253 e. The van der Waals surface area contributed by atoms with E-state index in [9.17, 15) is 14.0 Å². The van der Waals surface area contributed by atoms with Crippen molar-refractivity contribution in [3.63, 3.8) is 0 Å². The van der Waals surface area contributed by atoms with Crippen molar-refractivity contribution in [2.24, 2.45) is 5.92 Å². The number of carbonyl (C=O) groups is 2. The number of methoxy groups -OCH3 is 1. The quantitative estimate of drug-likeness (QED) is 0.764. The van der Waals surface area contributed by atoms with Gasteiger partial charge in [-0.05, 0) is 36.8 Å². The van der Waals surface area contributed by atoms with Gasteiger partial charge in [0.25, 0.3) is 5.91 Å². The van der Waals surface area contributed by atoms with Crippen LogP contribution in [0.15, 0.2) is 48.5 Å². The Morgan fingerprint density at radius 2 is 1.61 bits per heavy atom. The molecule has 28 heavy (non-hydrogen) atoms.